The SMILES string of the molecule is Cc1cn(CCC(=O)O)c2c(C)c(Cl)ccc12. The molecule has 0 saturated carbocycles. The van der Waals surface area contributed by atoms with Gasteiger partial charge in [-0.05, 0) is 31.0 Å². The lowest BCUT2D eigenvalue weighted by Gasteiger charge is -2.07. The molecule has 0 amide bonds. The van der Waals surface area contributed by atoms with E-state index in [1.165, 1.54) is 0 Å². The Balaban J connectivity index is 2.55. The van der Waals surface area contributed by atoms with Gasteiger partial charge in [0.1, 0.15) is 0 Å². The molecule has 1 aromatic carbocycles. The van der Waals surface area contributed by atoms with Gasteiger partial charge >= 0.3 is 5.97 Å². The van der Waals surface area contributed by atoms with Crippen molar-refractivity contribution in [2.45, 2.75) is 26.8 Å². The predicted octanol–water partition coefficient (Wildman–Crippen LogP) is 3.39. The molecular formula is C13H14ClNO2. The highest BCUT2D eigenvalue weighted by atomic mass is 35.5. The number of carbonyl (C=O) groups is 1. The number of hydrogen-bond donors (Lipinski definition) is 1. The van der Waals surface area contributed by atoms with Crippen LogP contribution in [0, 0.1) is 13.8 Å². The molecule has 0 bridgehead atoms. The first-order valence-electron chi connectivity index (χ1n) is 5.47. The third kappa shape index (κ3) is 2.15. The van der Waals surface area contributed by atoms with Gasteiger partial charge in [-0.15, -0.1) is 0 Å². The molecule has 1 heterocycles. The molecule has 4 heteroatoms. The van der Waals surface area contributed by atoms with Crippen LogP contribution in [-0.2, 0) is 11.3 Å². The molecule has 2 rings (SSSR count). The van der Waals surface area contributed by atoms with Gasteiger partial charge in [0.25, 0.3) is 0 Å². The van der Waals surface area contributed by atoms with Gasteiger partial charge in [-0.3, -0.25) is 4.79 Å². The van der Waals surface area contributed by atoms with E-state index in [1.54, 1.807) is 0 Å². The molecule has 0 unspecified atom stereocenters. The minimum absolute atomic E-state index is 0.120. The summed E-state index contributed by atoms with van der Waals surface area (Å²) >= 11 is 6.10. The quantitative estimate of drug-likeness (QED) is 0.909. The zero-order chi connectivity index (χ0) is 12.6. The molecule has 2 aromatic rings. The molecule has 3 nitrogen and oxygen atoms in total. The van der Waals surface area contributed by atoms with E-state index in [-0.39, 0.29) is 6.42 Å². The number of fused-ring (bicyclic) bond motifs is 1. The van der Waals surface area contributed by atoms with Crippen LogP contribution >= 0.6 is 11.6 Å². The lowest BCUT2D eigenvalue weighted by atomic mass is 10.1. The second-order valence-corrected chi connectivity index (χ2v) is 4.62. The van der Waals surface area contributed by atoms with Crippen molar-refractivity contribution < 1.29 is 9.90 Å². The van der Waals surface area contributed by atoms with Gasteiger partial charge in [-0.25, -0.2) is 0 Å². The van der Waals surface area contributed by atoms with Crippen molar-refractivity contribution in [2.75, 3.05) is 0 Å². The van der Waals surface area contributed by atoms with E-state index in [9.17, 15) is 4.79 Å². The highest BCUT2D eigenvalue weighted by Crippen LogP contribution is 2.29. The number of aryl methyl sites for hydroxylation is 3. The summed E-state index contributed by atoms with van der Waals surface area (Å²) in [5.41, 5.74) is 3.18. The lowest BCUT2D eigenvalue weighted by Crippen LogP contribution is -2.04. The Morgan fingerprint density at radius 1 is 1.41 bits per heavy atom. The Bertz CT molecular complexity index is 587. The van der Waals surface area contributed by atoms with Crippen LogP contribution in [0.1, 0.15) is 17.5 Å². The average Bonchev–Trinajstić information content (AvgIpc) is 2.58. The van der Waals surface area contributed by atoms with Crippen molar-refractivity contribution in [3.63, 3.8) is 0 Å². The molecule has 0 aliphatic heterocycles. The molecule has 0 saturated heterocycles. The first kappa shape index (κ1) is 12.0. The Hall–Kier alpha value is -1.48. The van der Waals surface area contributed by atoms with E-state index in [1.807, 2.05) is 36.7 Å². The number of carboxylic acids is 1. The summed E-state index contributed by atoms with van der Waals surface area (Å²) in [6.45, 7) is 4.45. The maximum absolute atomic E-state index is 10.6. The van der Waals surface area contributed by atoms with Gasteiger partial charge in [0.05, 0.1) is 11.9 Å². The summed E-state index contributed by atoms with van der Waals surface area (Å²) in [4.78, 5) is 10.6. The molecular weight excluding hydrogens is 238 g/mol. The topological polar surface area (TPSA) is 42.2 Å². The van der Waals surface area contributed by atoms with Gasteiger partial charge in [0.2, 0.25) is 0 Å². The number of aliphatic carboxylic acids is 1. The van der Waals surface area contributed by atoms with E-state index >= 15 is 0 Å². The minimum atomic E-state index is -0.788. The first-order valence-corrected chi connectivity index (χ1v) is 5.85. The Kier molecular flexibility index (Phi) is 3.11. The fourth-order valence-electron chi connectivity index (χ4n) is 2.12. The second-order valence-electron chi connectivity index (χ2n) is 4.22. The van der Waals surface area contributed by atoms with Crippen LogP contribution in [0.2, 0.25) is 5.02 Å². The summed E-state index contributed by atoms with van der Waals surface area (Å²) < 4.78 is 1.97. The molecule has 17 heavy (non-hydrogen) atoms. The fraction of sp³-hybridized carbons (Fsp3) is 0.308. The molecule has 0 aliphatic rings. The van der Waals surface area contributed by atoms with Crippen molar-refractivity contribution in [2.24, 2.45) is 0 Å². The van der Waals surface area contributed by atoms with Gasteiger partial charge in [0.15, 0.2) is 0 Å². The third-order valence-corrected chi connectivity index (χ3v) is 3.40. The smallest absolute Gasteiger partial charge is 0.305 e. The van der Waals surface area contributed by atoms with Crippen molar-refractivity contribution in [3.8, 4) is 0 Å². The number of rotatable bonds is 3. The summed E-state index contributed by atoms with van der Waals surface area (Å²) in [6, 6.07) is 3.87. The number of benzene rings is 1. The Labute approximate surface area is 105 Å². The van der Waals surface area contributed by atoms with Crippen molar-refractivity contribution in [1.29, 1.82) is 0 Å². The normalized spacial score (nSPS) is 11.0. The van der Waals surface area contributed by atoms with Gasteiger partial charge in [-0.2, -0.15) is 0 Å². The van der Waals surface area contributed by atoms with Gasteiger partial charge in [-0.1, -0.05) is 17.7 Å². The zero-order valence-corrected chi connectivity index (χ0v) is 10.6. The Morgan fingerprint density at radius 2 is 2.12 bits per heavy atom. The minimum Gasteiger partial charge on any atom is -0.481 e. The fourth-order valence-corrected chi connectivity index (χ4v) is 2.28. The highest BCUT2D eigenvalue weighted by Gasteiger charge is 2.10. The van der Waals surface area contributed by atoms with E-state index in [2.05, 4.69) is 0 Å². The number of hydrogen-bond acceptors (Lipinski definition) is 1. The van der Waals surface area contributed by atoms with Crippen LogP contribution in [-0.4, -0.2) is 15.6 Å². The van der Waals surface area contributed by atoms with Crippen LogP contribution in [0.3, 0.4) is 0 Å². The zero-order valence-electron chi connectivity index (χ0n) is 9.83. The molecule has 0 aliphatic carbocycles. The standard InChI is InChI=1S/C13H14ClNO2/c1-8-7-15(6-5-12(16)17)13-9(2)11(14)4-3-10(8)13/h3-4,7H,5-6H2,1-2H3,(H,16,17). The summed E-state index contributed by atoms with van der Waals surface area (Å²) in [5, 5.41) is 10.6. The number of halogens is 1. The van der Waals surface area contributed by atoms with Crippen LogP contribution in [0.25, 0.3) is 10.9 Å². The van der Waals surface area contributed by atoms with E-state index < -0.39 is 5.97 Å². The highest BCUT2D eigenvalue weighted by molar-refractivity contribution is 6.32. The van der Waals surface area contributed by atoms with Gasteiger partial charge in [0, 0.05) is 23.2 Å². The van der Waals surface area contributed by atoms with E-state index in [0.717, 1.165) is 22.0 Å². The average molecular weight is 252 g/mol. The number of carboxylic acid groups (broad SMARTS) is 1. The Morgan fingerprint density at radius 3 is 2.76 bits per heavy atom. The largest absolute Gasteiger partial charge is 0.481 e. The van der Waals surface area contributed by atoms with Crippen molar-refractivity contribution >= 4 is 28.5 Å². The summed E-state index contributed by atoms with van der Waals surface area (Å²) in [6.07, 6.45) is 2.10. The summed E-state index contributed by atoms with van der Waals surface area (Å²) in [7, 11) is 0. The molecule has 0 atom stereocenters. The van der Waals surface area contributed by atoms with Gasteiger partial charge < -0.3 is 9.67 Å². The van der Waals surface area contributed by atoms with E-state index in [4.69, 9.17) is 16.7 Å². The second kappa shape index (κ2) is 4.41. The van der Waals surface area contributed by atoms with E-state index in [0.29, 0.717) is 11.6 Å². The van der Waals surface area contributed by atoms with Crippen LogP contribution in [0.5, 0.6) is 0 Å². The van der Waals surface area contributed by atoms with Crippen molar-refractivity contribution in [1.82, 2.24) is 4.57 Å². The van der Waals surface area contributed by atoms with Crippen LogP contribution in [0.4, 0.5) is 0 Å². The number of nitrogens with zero attached hydrogens (tertiary/aromatic N) is 1. The predicted molar refractivity (Wildman–Crippen MR) is 68.7 cm³/mol. The van der Waals surface area contributed by atoms with Crippen LogP contribution < -0.4 is 0 Å². The summed E-state index contributed by atoms with van der Waals surface area (Å²) in [5.74, 6) is -0.788. The number of aromatic nitrogens is 1. The molecule has 1 N–H and O–H groups in total. The first-order chi connectivity index (χ1) is 8.00. The molecule has 1 aromatic heterocycles. The third-order valence-electron chi connectivity index (χ3n) is 2.99. The molecule has 90 valence electrons. The maximum atomic E-state index is 10.6. The van der Waals surface area contributed by atoms with Crippen LogP contribution in [0.15, 0.2) is 18.3 Å². The molecule has 0 fully saturated rings. The molecule has 0 spiro atoms. The van der Waals surface area contributed by atoms with Crippen molar-refractivity contribution in [3.05, 3.63) is 34.5 Å². The maximum Gasteiger partial charge on any atom is 0.305 e. The monoisotopic (exact) mass is 251 g/mol. The lowest BCUT2D eigenvalue weighted by molar-refractivity contribution is -0.137. The molecule has 0 radical (unpaired) electrons.